The third kappa shape index (κ3) is 5.09. The van der Waals surface area contributed by atoms with Crippen molar-refractivity contribution in [2.45, 2.75) is 19.6 Å². The summed E-state index contributed by atoms with van der Waals surface area (Å²) in [6, 6.07) is 1.52. The maximum atomic E-state index is 12.4. The van der Waals surface area contributed by atoms with E-state index in [2.05, 4.69) is 0 Å². The van der Waals surface area contributed by atoms with Crippen molar-refractivity contribution in [2.24, 2.45) is 0 Å². The minimum absolute atomic E-state index is 0.0773. The van der Waals surface area contributed by atoms with Crippen molar-refractivity contribution < 1.29 is 47.5 Å². The van der Waals surface area contributed by atoms with Crippen LogP contribution in [0.25, 0.3) is 6.08 Å². The van der Waals surface area contributed by atoms with Crippen molar-refractivity contribution >= 4 is 18.0 Å². The van der Waals surface area contributed by atoms with Crippen LogP contribution in [0.1, 0.15) is 19.4 Å². The van der Waals surface area contributed by atoms with Gasteiger partial charge in [0.1, 0.15) is 5.57 Å². The summed E-state index contributed by atoms with van der Waals surface area (Å²) in [6.45, 7) is 2.70. The number of methoxy groups -OCH3 is 4. The van der Waals surface area contributed by atoms with Crippen LogP contribution in [0.5, 0.6) is 23.0 Å². The zero-order valence-electron chi connectivity index (χ0n) is 17.2. The zero-order chi connectivity index (χ0) is 21.6. The number of hydrogen-bond acceptors (Lipinski definition) is 10. The van der Waals surface area contributed by atoms with Crippen LogP contribution >= 0.6 is 0 Å². The second-order valence-electron chi connectivity index (χ2n) is 6.19. The first-order valence-corrected chi connectivity index (χ1v) is 8.48. The second kappa shape index (κ2) is 9.48. The van der Waals surface area contributed by atoms with Crippen LogP contribution in [0.3, 0.4) is 0 Å². The molecular formula is C19H24O10. The normalized spacial score (nSPS) is 15.3. The highest BCUT2D eigenvalue weighted by molar-refractivity contribution is 6.19. The molecule has 0 bridgehead atoms. The first kappa shape index (κ1) is 22.3. The van der Waals surface area contributed by atoms with Gasteiger partial charge in [-0.15, -0.1) is 0 Å². The number of rotatable bonds is 9. The number of cyclic esters (lactones) is 2. The first-order valence-electron chi connectivity index (χ1n) is 8.48. The Hall–Kier alpha value is -2.98. The van der Waals surface area contributed by atoms with E-state index in [-0.39, 0.29) is 47.7 Å². The number of carbonyl (C=O) groups excluding carboxylic acids is 2. The summed E-state index contributed by atoms with van der Waals surface area (Å²) in [5, 5.41) is 0. The van der Waals surface area contributed by atoms with E-state index in [1.807, 2.05) is 0 Å². The molecule has 1 aromatic rings. The second-order valence-corrected chi connectivity index (χ2v) is 6.19. The van der Waals surface area contributed by atoms with Crippen molar-refractivity contribution in [3.63, 3.8) is 0 Å². The van der Waals surface area contributed by atoms with Gasteiger partial charge in [-0.2, -0.15) is 0 Å². The quantitative estimate of drug-likeness (QED) is 0.258. The van der Waals surface area contributed by atoms with Crippen molar-refractivity contribution in [3.8, 4) is 23.0 Å². The van der Waals surface area contributed by atoms with Gasteiger partial charge in [-0.05, 0) is 6.08 Å². The molecule has 160 valence electrons. The molecule has 0 N–H and O–H groups in total. The fraction of sp³-hybridized carbons (Fsp3) is 0.474. The number of esters is 2. The van der Waals surface area contributed by atoms with E-state index in [9.17, 15) is 9.59 Å². The Morgan fingerprint density at radius 1 is 0.862 bits per heavy atom. The minimum Gasteiger partial charge on any atom is -0.493 e. The lowest BCUT2D eigenvalue weighted by Gasteiger charge is -2.30. The largest absolute Gasteiger partial charge is 0.493 e. The maximum absolute atomic E-state index is 12.4. The Balaban J connectivity index is 2.68. The van der Waals surface area contributed by atoms with E-state index < -0.39 is 17.7 Å². The molecule has 1 saturated heterocycles. The average molecular weight is 412 g/mol. The number of ether oxygens (including phenoxy) is 8. The molecule has 0 aromatic heterocycles. The summed E-state index contributed by atoms with van der Waals surface area (Å²) in [4.78, 5) is 24.8. The minimum atomic E-state index is -1.37. The van der Waals surface area contributed by atoms with Crippen LogP contribution in [-0.4, -0.2) is 59.8 Å². The van der Waals surface area contributed by atoms with Gasteiger partial charge in [-0.1, -0.05) is 0 Å². The van der Waals surface area contributed by atoms with Gasteiger partial charge < -0.3 is 37.9 Å². The van der Waals surface area contributed by atoms with E-state index in [0.29, 0.717) is 0 Å². The van der Waals surface area contributed by atoms with Crippen LogP contribution in [0.2, 0.25) is 0 Å². The van der Waals surface area contributed by atoms with Gasteiger partial charge in [0.15, 0.2) is 36.6 Å². The molecule has 0 aliphatic carbocycles. The molecule has 0 unspecified atom stereocenters. The standard InChI is InChI=1S/C19H24O10/c1-19(2)28-17(20)12(18(21)29-19)7-11-15(25-6)14(26-9-22-3)8-13(24-5)16(11)27-10-23-4/h7-8H,9-10H2,1-6H3. The lowest BCUT2D eigenvalue weighted by atomic mass is 10.1. The average Bonchev–Trinajstić information content (AvgIpc) is 2.66. The van der Waals surface area contributed by atoms with Crippen LogP contribution in [0.15, 0.2) is 11.6 Å². The third-order valence-electron chi connectivity index (χ3n) is 3.68. The summed E-state index contributed by atoms with van der Waals surface area (Å²) in [5.74, 6) is -2.26. The van der Waals surface area contributed by atoms with Gasteiger partial charge >= 0.3 is 11.9 Å². The van der Waals surface area contributed by atoms with Crippen LogP contribution in [0, 0.1) is 0 Å². The predicted molar refractivity (Wildman–Crippen MR) is 98.8 cm³/mol. The molecule has 1 aliphatic rings. The molecule has 0 atom stereocenters. The lowest BCUT2D eigenvalue weighted by molar-refractivity contribution is -0.222. The van der Waals surface area contributed by atoms with E-state index in [4.69, 9.17) is 37.9 Å². The number of carbonyl (C=O) groups is 2. The molecule has 1 aromatic carbocycles. The predicted octanol–water partition coefficient (Wildman–Crippen LogP) is 1.89. The van der Waals surface area contributed by atoms with Gasteiger partial charge in [-0.3, -0.25) is 0 Å². The molecule has 0 spiro atoms. The molecule has 10 heteroatoms. The summed E-state index contributed by atoms with van der Waals surface area (Å²) >= 11 is 0. The Morgan fingerprint density at radius 2 is 1.45 bits per heavy atom. The molecular weight excluding hydrogens is 388 g/mol. The third-order valence-corrected chi connectivity index (χ3v) is 3.68. The van der Waals surface area contributed by atoms with Gasteiger partial charge in [0.2, 0.25) is 0 Å². The van der Waals surface area contributed by atoms with Gasteiger partial charge in [-0.25, -0.2) is 9.59 Å². The monoisotopic (exact) mass is 412 g/mol. The van der Waals surface area contributed by atoms with Crippen LogP contribution in [0.4, 0.5) is 0 Å². The van der Waals surface area contributed by atoms with Gasteiger partial charge in [0, 0.05) is 34.1 Å². The van der Waals surface area contributed by atoms with E-state index in [1.54, 1.807) is 0 Å². The van der Waals surface area contributed by atoms with Crippen molar-refractivity contribution in [3.05, 3.63) is 17.2 Å². The molecule has 29 heavy (non-hydrogen) atoms. The highest BCUT2D eigenvalue weighted by Crippen LogP contribution is 2.46. The molecule has 1 fully saturated rings. The Labute approximate surface area is 168 Å². The Bertz CT molecular complexity index is 775. The van der Waals surface area contributed by atoms with Crippen molar-refractivity contribution in [1.82, 2.24) is 0 Å². The van der Waals surface area contributed by atoms with Crippen LogP contribution in [-0.2, 0) is 28.5 Å². The SMILES string of the molecule is COCOc1cc(OC)c(OCOC)c(C=C2C(=O)OC(C)(C)OC2=O)c1OC. The smallest absolute Gasteiger partial charge is 0.348 e. The maximum Gasteiger partial charge on any atom is 0.348 e. The molecule has 10 nitrogen and oxygen atoms in total. The van der Waals surface area contributed by atoms with Crippen molar-refractivity contribution in [1.29, 1.82) is 0 Å². The molecule has 0 amide bonds. The molecule has 1 aliphatic heterocycles. The Kier molecular flexibility index (Phi) is 7.29. The molecule has 0 saturated carbocycles. The first-order chi connectivity index (χ1) is 13.8. The van der Waals surface area contributed by atoms with Gasteiger partial charge in [0.05, 0.1) is 19.8 Å². The molecule has 0 radical (unpaired) electrons. The number of benzene rings is 1. The molecule has 1 heterocycles. The summed E-state index contributed by atoms with van der Waals surface area (Å²) in [5.41, 5.74) is -0.158. The Morgan fingerprint density at radius 3 is 1.97 bits per heavy atom. The lowest BCUT2D eigenvalue weighted by Crippen LogP contribution is -2.41. The molecule has 2 rings (SSSR count). The topological polar surface area (TPSA) is 108 Å². The van der Waals surface area contributed by atoms with E-state index >= 15 is 0 Å². The fourth-order valence-electron chi connectivity index (χ4n) is 2.53. The van der Waals surface area contributed by atoms with Gasteiger partial charge in [0.25, 0.3) is 5.79 Å². The number of hydrogen-bond donors (Lipinski definition) is 0. The van der Waals surface area contributed by atoms with E-state index in [0.717, 1.165) is 0 Å². The highest BCUT2D eigenvalue weighted by Gasteiger charge is 2.39. The summed E-state index contributed by atoms with van der Waals surface area (Å²) in [6.07, 6.45) is 1.23. The highest BCUT2D eigenvalue weighted by atomic mass is 16.7. The van der Waals surface area contributed by atoms with Crippen molar-refractivity contribution in [2.75, 3.05) is 42.0 Å². The summed E-state index contributed by atoms with van der Waals surface area (Å²) in [7, 11) is 5.71. The van der Waals surface area contributed by atoms with Crippen LogP contribution < -0.4 is 18.9 Å². The summed E-state index contributed by atoms with van der Waals surface area (Å²) < 4.78 is 42.1. The van der Waals surface area contributed by atoms with E-state index in [1.165, 1.54) is 54.4 Å². The zero-order valence-corrected chi connectivity index (χ0v) is 17.2. The fourth-order valence-corrected chi connectivity index (χ4v) is 2.53.